The van der Waals surface area contributed by atoms with Gasteiger partial charge in [0.15, 0.2) is 11.5 Å². The maximum absolute atomic E-state index is 12.4. The summed E-state index contributed by atoms with van der Waals surface area (Å²) in [7, 11) is 6.04. The van der Waals surface area contributed by atoms with Gasteiger partial charge in [0.2, 0.25) is 5.75 Å². The molecule has 1 fully saturated rings. The van der Waals surface area contributed by atoms with E-state index >= 15 is 0 Å². The van der Waals surface area contributed by atoms with Gasteiger partial charge in [0, 0.05) is 12.7 Å². The minimum Gasteiger partial charge on any atom is -0.493 e. The van der Waals surface area contributed by atoms with Crippen molar-refractivity contribution < 1.29 is 28.5 Å². The van der Waals surface area contributed by atoms with E-state index in [1.54, 1.807) is 18.2 Å². The highest BCUT2D eigenvalue weighted by atomic mass is 32.2. The highest BCUT2D eigenvalue weighted by Crippen LogP contribution is 2.42. The maximum atomic E-state index is 12.4. The zero-order valence-corrected chi connectivity index (χ0v) is 14.8. The number of carbonyl (C=O) groups is 2. The van der Waals surface area contributed by atoms with E-state index in [-0.39, 0.29) is 17.7 Å². The Bertz CT molecular complexity index is 673. The molecule has 1 saturated heterocycles. The lowest BCUT2D eigenvalue weighted by atomic mass is 10.1. The van der Waals surface area contributed by atoms with Crippen molar-refractivity contribution in [1.29, 1.82) is 0 Å². The molecule has 2 rings (SSSR count). The Morgan fingerprint density at radius 3 is 2.33 bits per heavy atom. The maximum Gasteiger partial charge on any atom is 0.293 e. The van der Waals surface area contributed by atoms with Crippen molar-refractivity contribution in [3.05, 3.63) is 22.6 Å². The minimum absolute atomic E-state index is 0.224. The predicted molar refractivity (Wildman–Crippen MR) is 90.7 cm³/mol. The Kier molecular flexibility index (Phi) is 6.10. The molecule has 1 aliphatic heterocycles. The lowest BCUT2D eigenvalue weighted by Crippen LogP contribution is -2.31. The summed E-state index contributed by atoms with van der Waals surface area (Å²) in [6.45, 7) is 0.520. The van der Waals surface area contributed by atoms with Crippen LogP contribution in [0.5, 0.6) is 17.2 Å². The molecule has 7 nitrogen and oxygen atoms in total. The van der Waals surface area contributed by atoms with Crippen LogP contribution in [0.15, 0.2) is 17.0 Å². The van der Waals surface area contributed by atoms with E-state index < -0.39 is 0 Å². The van der Waals surface area contributed by atoms with Crippen molar-refractivity contribution >= 4 is 29.0 Å². The van der Waals surface area contributed by atoms with E-state index in [9.17, 15) is 9.59 Å². The third-order valence-corrected chi connectivity index (χ3v) is 4.32. The van der Waals surface area contributed by atoms with Crippen LogP contribution in [0.3, 0.4) is 0 Å². The van der Waals surface area contributed by atoms with Gasteiger partial charge in [-0.25, -0.2) is 0 Å². The first kappa shape index (κ1) is 18.2. The number of amides is 2. The van der Waals surface area contributed by atoms with Crippen LogP contribution in [0.25, 0.3) is 6.08 Å². The number of benzene rings is 1. The smallest absolute Gasteiger partial charge is 0.293 e. The van der Waals surface area contributed by atoms with Gasteiger partial charge in [0.05, 0.1) is 39.4 Å². The number of methoxy groups -OCH3 is 4. The fraction of sp³-hybridized carbons (Fsp3) is 0.375. The molecule has 0 spiro atoms. The van der Waals surface area contributed by atoms with Crippen molar-refractivity contribution in [3.8, 4) is 17.2 Å². The number of imide groups is 1. The summed E-state index contributed by atoms with van der Waals surface area (Å²) in [5, 5.41) is -0.317. The standard InChI is InChI=1S/C16H19NO6S/c1-20-8-7-17-15(18)12(24-16(17)19)9-10-5-6-11(21-2)14(23-4)13(10)22-3/h5-6,9H,7-8H2,1-4H3/b12-9+. The Labute approximate surface area is 144 Å². The van der Waals surface area contributed by atoms with Crippen molar-refractivity contribution in [2.45, 2.75) is 0 Å². The highest BCUT2D eigenvalue weighted by molar-refractivity contribution is 8.18. The molecule has 8 heteroatoms. The summed E-state index contributed by atoms with van der Waals surface area (Å²) in [6, 6.07) is 3.45. The largest absolute Gasteiger partial charge is 0.493 e. The number of hydrogen-bond donors (Lipinski definition) is 0. The molecule has 0 atom stereocenters. The normalized spacial score (nSPS) is 16.0. The van der Waals surface area contributed by atoms with Gasteiger partial charge in [0.1, 0.15) is 0 Å². The monoisotopic (exact) mass is 353 g/mol. The zero-order valence-electron chi connectivity index (χ0n) is 14.0. The molecule has 1 aromatic carbocycles. The van der Waals surface area contributed by atoms with Gasteiger partial charge in [0.25, 0.3) is 11.1 Å². The van der Waals surface area contributed by atoms with E-state index in [4.69, 9.17) is 18.9 Å². The molecule has 1 aromatic rings. The molecule has 0 saturated carbocycles. The van der Waals surface area contributed by atoms with Gasteiger partial charge in [-0.3, -0.25) is 14.5 Å². The first-order valence-electron chi connectivity index (χ1n) is 7.10. The minimum atomic E-state index is -0.348. The number of rotatable bonds is 7. The molecule has 0 unspecified atom stereocenters. The average molecular weight is 353 g/mol. The third kappa shape index (κ3) is 3.49. The molecular weight excluding hydrogens is 334 g/mol. The Hall–Kier alpha value is -2.19. The van der Waals surface area contributed by atoms with Gasteiger partial charge < -0.3 is 18.9 Å². The lowest BCUT2D eigenvalue weighted by Gasteiger charge is -2.14. The number of hydrogen-bond acceptors (Lipinski definition) is 7. The second-order valence-electron chi connectivity index (χ2n) is 4.75. The number of nitrogens with zero attached hydrogens (tertiary/aromatic N) is 1. The van der Waals surface area contributed by atoms with Crippen LogP contribution in [0, 0.1) is 0 Å². The number of thioether (sulfide) groups is 1. The summed E-state index contributed by atoms with van der Waals surface area (Å²) < 4.78 is 20.9. The first-order chi connectivity index (χ1) is 11.6. The van der Waals surface area contributed by atoms with Crippen LogP contribution in [-0.2, 0) is 9.53 Å². The SMILES string of the molecule is COCCN1C(=O)S/C(=C/c2ccc(OC)c(OC)c2OC)C1=O. The van der Waals surface area contributed by atoms with Crippen LogP contribution in [-0.4, -0.2) is 57.6 Å². The molecule has 0 aliphatic carbocycles. The molecule has 0 bridgehead atoms. The van der Waals surface area contributed by atoms with Crippen LogP contribution in [0.2, 0.25) is 0 Å². The lowest BCUT2D eigenvalue weighted by molar-refractivity contribution is -0.123. The molecule has 2 amide bonds. The van der Waals surface area contributed by atoms with E-state index in [1.165, 1.54) is 28.4 Å². The van der Waals surface area contributed by atoms with Crippen molar-refractivity contribution in [2.75, 3.05) is 41.6 Å². The molecule has 24 heavy (non-hydrogen) atoms. The van der Waals surface area contributed by atoms with Crippen LogP contribution >= 0.6 is 11.8 Å². The summed E-state index contributed by atoms with van der Waals surface area (Å²) in [4.78, 5) is 25.8. The van der Waals surface area contributed by atoms with Crippen LogP contribution in [0.4, 0.5) is 4.79 Å². The van der Waals surface area contributed by atoms with Crippen LogP contribution < -0.4 is 14.2 Å². The topological polar surface area (TPSA) is 74.3 Å². The van der Waals surface area contributed by atoms with Crippen molar-refractivity contribution in [3.63, 3.8) is 0 Å². The summed E-state index contributed by atoms with van der Waals surface area (Å²) in [5.41, 5.74) is 0.618. The fourth-order valence-electron chi connectivity index (χ4n) is 2.25. The van der Waals surface area contributed by atoms with Crippen LogP contribution in [0.1, 0.15) is 5.56 Å². The Morgan fingerprint density at radius 2 is 1.75 bits per heavy atom. The van der Waals surface area contributed by atoms with E-state index in [2.05, 4.69) is 0 Å². The Balaban J connectivity index is 2.38. The van der Waals surface area contributed by atoms with E-state index in [1.807, 2.05) is 0 Å². The Morgan fingerprint density at radius 1 is 1.04 bits per heavy atom. The van der Waals surface area contributed by atoms with Gasteiger partial charge >= 0.3 is 0 Å². The predicted octanol–water partition coefficient (Wildman–Crippen LogP) is 2.40. The quantitative estimate of drug-likeness (QED) is 0.697. The molecule has 0 aromatic heterocycles. The number of ether oxygens (including phenoxy) is 4. The molecule has 1 aliphatic rings. The van der Waals surface area contributed by atoms with E-state index in [0.717, 1.165) is 16.7 Å². The molecule has 130 valence electrons. The first-order valence-corrected chi connectivity index (χ1v) is 7.92. The molecule has 0 radical (unpaired) electrons. The second-order valence-corrected chi connectivity index (χ2v) is 5.74. The summed E-state index contributed by atoms with van der Waals surface area (Å²) >= 11 is 0.885. The average Bonchev–Trinajstić information content (AvgIpc) is 2.85. The zero-order chi connectivity index (χ0) is 17.7. The van der Waals surface area contributed by atoms with Gasteiger partial charge in [-0.15, -0.1) is 0 Å². The van der Waals surface area contributed by atoms with Gasteiger partial charge in [-0.05, 0) is 30.0 Å². The summed E-state index contributed by atoms with van der Waals surface area (Å²) in [5.74, 6) is 1.02. The van der Waals surface area contributed by atoms with Crippen molar-refractivity contribution in [2.24, 2.45) is 0 Å². The third-order valence-electron chi connectivity index (χ3n) is 3.41. The summed E-state index contributed by atoms with van der Waals surface area (Å²) in [6.07, 6.45) is 1.61. The van der Waals surface area contributed by atoms with Gasteiger partial charge in [-0.1, -0.05) is 0 Å². The fourth-order valence-corrected chi connectivity index (χ4v) is 3.11. The van der Waals surface area contributed by atoms with Crippen molar-refractivity contribution in [1.82, 2.24) is 4.90 Å². The van der Waals surface area contributed by atoms with E-state index in [0.29, 0.717) is 34.3 Å². The molecule has 0 N–H and O–H groups in total. The van der Waals surface area contributed by atoms with Gasteiger partial charge in [-0.2, -0.15) is 0 Å². The molecular formula is C16H19NO6S. The molecule has 1 heterocycles. The number of carbonyl (C=O) groups excluding carboxylic acids is 2. The highest BCUT2D eigenvalue weighted by Gasteiger charge is 2.35. The second kappa shape index (κ2) is 8.07.